The van der Waals surface area contributed by atoms with Gasteiger partial charge in [0.1, 0.15) is 23.4 Å². The molecule has 0 spiro atoms. The molecule has 1 aliphatic rings. The zero-order valence-corrected chi connectivity index (χ0v) is 20.7. The molecule has 1 amide bonds. The highest BCUT2D eigenvalue weighted by molar-refractivity contribution is 9.10. The van der Waals surface area contributed by atoms with E-state index in [1.807, 2.05) is 4.72 Å². The van der Waals surface area contributed by atoms with Crippen LogP contribution in [0.5, 0.6) is 11.5 Å². The molecule has 0 radical (unpaired) electrons. The van der Waals surface area contributed by atoms with Crippen molar-refractivity contribution in [2.24, 2.45) is 5.92 Å². The molecule has 1 N–H and O–H groups in total. The third kappa shape index (κ3) is 5.02. The molecule has 4 rings (SSSR count). The Morgan fingerprint density at radius 2 is 1.94 bits per heavy atom. The lowest BCUT2D eigenvalue weighted by Gasteiger charge is -2.34. The van der Waals surface area contributed by atoms with Crippen LogP contribution in [0.2, 0.25) is 5.02 Å². The maximum absolute atomic E-state index is 12.7. The van der Waals surface area contributed by atoms with Crippen LogP contribution >= 0.6 is 27.5 Å². The number of rotatable bonds is 6. The lowest BCUT2D eigenvalue weighted by molar-refractivity contribution is -0.128. The summed E-state index contributed by atoms with van der Waals surface area (Å²) in [7, 11) is -2.11. The SMILES string of the molecule is COc1cc(-c2cc(=O)c3cccc(Cl)c3o2)c(OC2CC(C(=O)NS(C)(=O)=O)C2)cc1Br. The number of halogens is 2. The minimum absolute atomic E-state index is 0.243. The van der Waals surface area contributed by atoms with Crippen molar-refractivity contribution in [3.05, 3.63) is 56.1 Å². The van der Waals surface area contributed by atoms with Gasteiger partial charge in [0, 0.05) is 12.0 Å². The Bertz CT molecular complexity index is 1410. The number of carbonyl (C=O) groups is 1. The van der Waals surface area contributed by atoms with E-state index in [-0.39, 0.29) is 22.9 Å². The van der Waals surface area contributed by atoms with Gasteiger partial charge in [-0.2, -0.15) is 0 Å². The molecule has 0 unspecified atom stereocenters. The summed E-state index contributed by atoms with van der Waals surface area (Å²) >= 11 is 9.67. The summed E-state index contributed by atoms with van der Waals surface area (Å²) in [6.45, 7) is 0. The lowest BCUT2D eigenvalue weighted by Crippen LogP contribution is -2.45. The average Bonchev–Trinajstić information content (AvgIpc) is 2.69. The number of carbonyl (C=O) groups excluding carboxylic acids is 1. The number of methoxy groups -OCH3 is 1. The van der Waals surface area contributed by atoms with E-state index in [9.17, 15) is 18.0 Å². The number of benzene rings is 2. The quantitative estimate of drug-likeness (QED) is 0.486. The standard InChI is InChI=1S/C22H19BrClNO7S/c1-30-20-8-14(19-10-17(26)13-4-3-5-16(24)21(13)32-19)18(9-15(20)23)31-12-6-11(7-12)22(27)25-33(2,28)29/h3-5,8-12H,6-7H2,1-2H3,(H,25,27). The zero-order chi connectivity index (χ0) is 23.9. The Morgan fingerprint density at radius 1 is 1.21 bits per heavy atom. The summed E-state index contributed by atoms with van der Waals surface area (Å²) in [4.78, 5) is 24.7. The van der Waals surface area contributed by atoms with Crippen molar-refractivity contribution in [1.29, 1.82) is 0 Å². The molecule has 0 saturated heterocycles. The Kier molecular flexibility index (Phi) is 6.43. The van der Waals surface area contributed by atoms with E-state index in [4.69, 9.17) is 25.5 Å². The highest BCUT2D eigenvalue weighted by Crippen LogP contribution is 2.42. The smallest absolute Gasteiger partial charge is 0.236 e. The number of nitrogens with one attached hydrogen (secondary N) is 1. The molecular formula is C22H19BrClNO7S. The predicted octanol–water partition coefficient (Wildman–Crippen LogP) is 4.12. The summed E-state index contributed by atoms with van der Waals surface area (Å²) in [6.07, 6.45) is 1.30. The van der Waals surface area contributed by atoms with Gasteiger partial charge in [-0.15, -0.1) is 0 Å². The van der Waals surface area contributed by atoms with E-state index < -0.39 is 21.8 Å². The molecule has 0 atom stereocenters. The molecule has 1 saturated carbocycles. The topological polar surface area (TPSA) is 112 Å². The second kappa shape index (κ2) is 9.00. The molecule has 8 nitrogen and oxygen atoms in total. The van der Waals surface area contributed by atoms with Crippen LogP contribution < -0.4 is 19.6 Å². The molecule has 33 heavy (non-hydrogen) atoms. The summed E-state index contributed by atoms with van der Waals surface area (Å²) in [5.41, 5.74) is 0.469. The summed E-state index contributed by atoms with van der Waals surface area (Å²) in [5, 5.41) is 0.660. The molecular weight excluding hydrogens is 538 g/mol. The van der Waals surface area contributed by atoms with Crippen LogP contribution in [-0.4, -0.2) is 33.8 Å². The second-order valence-electron chi connectivity index (χ2n) is 7.72. The largest absolute Gasteiger partial charge is 0.496 e. The molecule has 3 aromatic rings. The number of para-hydroxylation sites is 1. The molecule has 0 bridgehead atoms. The van der Waals surface area contributed by atoms with Crippen molar-refractivity contribution < 1.29 is 27.1 Å². The summed E-state index contributed by atoms with van der Waals surface area (Å²) in [6, 6.07) is 9.66. The number of hydrogen-bond donors (Lipinski definition) is 1. The number of amides is 1. The molecule has 2 aromatic carbocycles. The van der Waals surface area contributed by atoms with Crippen molar-refractivity contribution >= 4 is 54.4 Å². The van der Waals surface area contributed by atoms with Crippen molar-refractivity contribution in [1.82, 2.24) is 4.72 Å². The fraction of sp³-hybridized carbons (Fsp3) is 0.273. The van der Waals surface area contributed by atoms with Crippen LogP contribution in [0.15, 0.2) is 50.1 Å². The van der Waals surface area contributed by atoms with Crippen LogP contribution in [0.4, 0.5) is 0 Å². The Morgan fingerprint density at radius 3 is 2.61 bits per heavy atom. The van der Waals surface area contributed by atoms with Crippen LogP contribution in [0.3, 0.4) is 0 Å². The first-order valence-electron chi connectivity index (χ1n) is 9.84. The molecule has 1 aliphatic carbocycles. The minimum atomic E-state index is -3.62. The molecule has 1 heterocycles. The van der Waals surface area contributed by atoms with Gasteiger partial charge in [0.2, 0.25) is 15.9 Å². The highest BCUT2D eigenvalue weighted by Gasteiger charge is 2.37. The van der Waals surface area contributed by atoms with E-state index >= 15 is 0 Å². The van der Waals surface area contributed by atoms with Gasteiger partial charge in [-0.1, -0.05) is 17.7 Å². The van der Waals surface area contributed by atoms with E-state index in [0.29, 0.717) is 44.8 Å². The number of fused-ring (bicyclic) bond motifs is 1. The van der Waals surface area contributed by atoms with E-state index in [1.165, 1.54) is 13.2 Å². The van der Waals surface area contributed by atoms with Gasteiger partial charge in [-0.05, 0) is 53.0 Å². The normalized spacial score (nSPS) is 17.9. The minimum Gasteiger partial charge on any atom is -0.496 e. The average molecular weight is 557 g/mol. The van der Waals surface area contributed by atoms with Crippen LogP contribution in [-0.2, 0) is 14.8 Å². The molecule has 174 valence electrons. The first-order valence-corrected chi connectivity index (χ1v) is 12.9. The van der Waals surface area contributed by atoms with Crippen molar-refractivity contribution in [3.63, 3.8) is 0 Å². The van der Waals surface area contributed by atoms with Crippen LogP contribution in [0.1, 0.15) is 12.8 Å². The Balaban J connectivity index is 1.67. The van der Waals surface area contributed by atoms with Gasteiger partial charge in [0.05, 0.1) is 33.8 Å². The van der Waals surface area contributed by atoms with Gasteiger partial charge in [-0.25, -0.2) is 8.42 Å². The first-order chi connectivity index (χ1) is 15.6. The molecule has 1 fully saturated rings. The second-order valence-corrected chi connectivity index (χ2v) is 10.7. The third-order valence-electron chi connectivity index (χ3n) is 5.27. The highest BCUT2D eigenvalue weighted by atomic mass is 79.9. The van der Waals surface area contributed by atoms with Crippen molar-refractivity contribution in [2.45, 2.75) is 18.9 Å². The maximum Gasteiger partial charge on any atom is 0.236 e. The Hall–Kier alpha value is -2.56. The summed E-state index contributed by atoms with van der Waals surface area (Å²) in [5.74, 6) is 0.130. The van der Waals surface area contributed by atoms with Gasteiger partial charge in [0.25, 0.3) is 0 Å². The van der Waals surface area contributed by atoms with Gasteiger partial charge in [-0.3, -0.25) is 14.3 Å². The maximum atomic E-state index is 12.7. The molecule has 0 aliphatic heterocycles. The van der Waals surface area contributed by atoms with Crippen LogP contribution in [0, 0.1) is 5.92 Å². The van der Waals surface area contributed by atoms with Crippen molar-refractivity contribution in [3.8, 4) is 22.8 Å². The van der Waals surface area contributed by atoms with Crippen molar-refractivity contribution in [2.75, 3.05) is 13.4 Å². The summed E-state index contributed by atoms with van der Waals surface area (Å²) < 4.78 is 42.6. The monoisotopic (exact) mass is 555 g/mol. The number of sulfonamides is 1. The van der Waals surface area contributed by atoms with Crippen LogP contribution in [0.25, 0.3) is 22.3 Å². The fourth-order valence-electron chi connectivity index (χ4n) is 3.58. The number of ether oxygens (including phenoxy) is 2. The fourth-order valence-corrected chi connectivity index (χ4v) is 4.81. The van der Waals surface area contributed by atoms with Gasteiger partial charge >= 0.3 is 0 Å². The van der Waals surface area contributed by atoms with E-state index in [0.717, 1.165) is 6.26 Å². The predicted molar refractivity (Wildman–Crippen MR) is 127 cm³/mol. The Labute approximate surface area is 203 Å². The zero-order valence-electron chi connectivity index (χ0n) is 17.6. The first kappa shape index (κ1) is 23.6. The third-order valence-corrected chi connectivity index (χ3v) is 6.76. The van der Waals surface area contributed by atoms with E-state index in [1.54, 1.807) is 30.3 Å². The molecule has 1 aromatic heterocycles. The molecule has 11 heteroatoms. The van der Waals surface area contributed by atoms with E-state index in [2.05, 4.69) is 15.9 Å². The van der Waals surface area contributed by atoms with Gasteiger partial charge < -0.3 is 13.9 Å². The lowest BCUT2D eigenvalue weighted by atomic mass is 9.82. The number of hydrogen-bond acceptors (Lipinski definition) is 7. The van der Waals surface area contributed by atoms with Gasteiger partial charge in [0.15, 0.2) is 11.0 Å².